The number of nitrogens with zero attached hydrogens (tertiary/aromatic N) is 2. The molecule has 2 N–H and O–H groups in total. The second kappa shape index (κ2) is 9.39. The number of rotatable bonds is 10. The van der Waals surface area contributed by atoms with Crippen molar-refractivity contribution in [2.75, 3.05) is 24.6 Å². The predicted molar refractivity (Wildman–Crippen MR) is 131 cm³/mol. The van der Waals surface area contributed by atoms with Gasteiger partial charge in [-0.2, -0.15) is 0 Å². The summed E-state index contributed by atoms with van der Waals surface area (Å²) in [6.45, 7) is 10.1. The highest BCUT2D eigenvalue weighted by molar-refractivity contribution is 6.05. The molecule has 8 nitrogen and oxygen atoms in total. The zero-order valence-corrected chi connectivity index (χ0v) is 20.8. The number of aliphatic hydroxyl groups excluding tert-OH is 1. The first-order chi connectivity index (χ1) is 16.6. The minimum Gasteiger partial charge on any atom is -0.481 e. The fourth-order valence-corrected chi connectivity index (χ4v) is 6.49. The molecular weight excluding hydrogens is 448 g/mol. The van der Waals surface area contributed by atoms with Crippen molar-refractivity contribution >= 4 is 23.5 Å². The Morgan fingerprint density at radius 2 is 2.00 bits per heavy atom. The van der Waals surface area contributed by atoms with E-state index in [2.05, 4.69) is 6.58 Å². The van der Waals surface area contributed by atoms with Gasteiger partial charge in [0, 0.05) is 25.4 Å². The number of unbranched alkanes of at least 4 members (excludes halogenated alkanes) is 2. The molecule has 35 heavy (non-hydrogen) atoms. The van der Waals surface area contributed by atoms with E-state index in [1.165, 1.54) is 0 Å². The van der Waals surface area contributed by atoms with Gasteiger partial charge >= 0.3 is 5.97 Å². The molecule has 0 radical (unpaired) electrons. The van der Waals surface area contributed by atoms with E-state index >= 15 is 0 Å². The van der Waals surface area contributed by atoms with Crippen molar-refractivity contribution in [2.45, 2.75) is 70.1 Å². The molecule has 3 fully saturated rings. The number of aliphatic carboxylic acids is 1. The smallest absolute Gasteiger partial charge is 0.310 e. The van der Waals surface area contributed by atoms with E-state index in [4.69, 9.17) is 9.84 Å². The Hall–Kier alpha value is -2.71. The minimum atomic E-state index is -1.17. The third-order valence-corrected chi connectivity index (χ3v) is 8.07. The van der Waals surface area contributed by atoms with E-state index in [0.717, 1.165) is 16.8 Å². The molecule has 0 saturated carbocycles. The van der Waals surface area contributed by atoms with Crippen molar-refractivity contribution in [3.8, 4) is 0 Å². The Kier molecular flexibility index (Phi) is 6.81. The lowest BCUT2D eigenvalue weighted by molar-refractivity contribution is -0.154. The number of anilines is 1. The number of likely N-dealkylation sites (tertiary alicyclic amines) is 1. The summed E-state index contributed by atoms with van der Waals surface area (Å²) in [6, 6.07) is 4.97. The molecule has 3 heterocycles. The number of aryl methyl sites for hydroxylation is 2. The van der Waals surface area contributed by atoms with E-state index in [9.17, 15) is 19.5 Å². The highest BCUT2D eigenvalue weighted by atomic mass is 16.5. The molecule has 190 valence electrons. The summed E-state index contributed by atoms with van der Waals surface area (Å²) < 4.78 is 6.47. The van der Waals surface area contributed by atoms with Crippen LogP contribution in [0.2, 0.25) is 0 Å². The Labute approximate surface area is 206 Å². The molecule has 8 heteroatoms. The second-order valence-electron chi connectivity index (χ2n) is 10.4. The van der Waals surface area contributed by atoms with Crippen LogP contribution in [0.1, 0.15) is 50.2 Å². The summed E-state index contributed by atoms with van der Waals surface area (Å²) in [7, 11) is 0. The van der Waals surface area contributed by atoms with Crippen LogP contribution in [0.4, 0.5) is 5.69 Å². The molecule has 1 spiro atoms. The van der Waals surface area contributed by atoms with Gasteiger partial charge in [-0.25, -0.2) is 0 Å². The van der Waals surface area contributed by atoms with Crippen molar-refractivity contribution in [3.63, 3.8) is 0 Å². The standard InChI is InChI=1S/C27H36N2O6/c1-5-13-28(19-16-17(2)9-10-18(19)3)24(32)22-27-12-11-26(4,35-27)21(25(33)34)20(27)23(31)29(22)14-7-6-8-15-30/h5,9-10,16,20-22,30H,1,6-8,11-15H2,2-4H3,(H,33,34)/t20-,21+,22?,26-,27?/m0/s1. The number of ether oxygens (including phenoxy) is 1. The number of amides is 2. The molecular formula is C27H36N2O6. The van der Waals surface area contributed by atoms with Crippen molar-refractivity contribution in [2.24, 2.45) is 11.8 Å². The normalized spacial score (nSPS) is 31.0. The molecule has 3 aliphatic heterocycles. The minimum absolute atomic E-state index is 0.0607. The summed E-state index contributed by atoms with van der Waals surface area (Å²) in [4.78, 5) is 43.7. The van der Waals surface area contributed by atoms with Gasteiger partial charge in [0.1, 0.15) is 11.6 Å². The van der Waals surface area contributed by atoms with E-state index in [1.54, 1.807) is 22.8 Å². The summed E-state index contributed by atoms with van der Waals surface area (Å²) in [5.41, 5.74) is 0.529. The van der Waals surface area contributed by atoms with Crippen LogP contribution >= 0.6 is 0 Å². The number of carboxylic acids is 1. The highest BCUT2D eigenvalue weighted by Gasteiger charge is 2.78. The number of hydrogen-bond acceptors (Lipinski definition) is 5. The van der Waals surface area contributed by atoms with Gasteiger partial charge in [0.05, 0.1) is 17.4 Å². The SMILES string of the molecule is C=CCN(C(=O)C1N(CCCCCO)C(=O)[C@@H]2[C@H](C(=O)O)[C@]3(C)CCC12O3)c1cc(C)ccc1C. The number of carbonyl (C=O) groups excluding carboxylic acids is 2. The highest BCUT2D eigenvalue weighted by Crippen LogP contribution is 2.63. The number of hydrogen-bond donors (Lipinski definition) is 2. The summed E-state index contributed by atoms with van der Waals surface area (Å²) in [5.74, 6) is -3.53. The van der Waals surface area contributed by atoms with Gasteiger partial charge in [0.15, 0.2) is 0 Å². The Bertz CT molecular complexity index is 1040. The molecule has 1 aromatic carbocycles. The third kappa shape index (κ3) is 3.96. The van der Waals surface area contributed by atoms with Crippen LogP contribution in [0.25, 0.3) is 0 Å². The number of benzene rings is 1. The maximum Gasteiger partial charge on any atom is 0.310 e. The first kappa shape index (κ1) is 25.4. The van der Waals surface area contributed by atoms with Crippen LogP contribution in [0, 0.1) is 25.7 Å². The maximum absolute atomic E-state index is 14.4. The first-order valence-electron chi connectivity index (χ1n) is 12.4. The summed E-state index contributed by atoms with van der Waals surface area (Å²) in [5, 5.41) is 19.2. The first-order valence-corrected chi connectivity index (χ1v) is 12.4. The fraction of sp³-hybridized carbons (Fsp3) is 0.593. The zero-order valence-electron chi connectivity index (χ0n) is 20.8. The van der Waals surface area contributed by atoms with Gasteiger partial charge in [0.25, 0.3) is 5.91 Å². The lowest BCUT2D eigenvalue weighted by atomic mass is 9.66. The largest absolute Gasteiger partial charge is 0.481 e. The molecule has 5 atom stereocenters. The average Bonchev–Trinajstić information content (AvgIpc) is 3.37. The van der Waals surface area contributed by atoms with E-state index in [1.807, 2.05) is 32.0 Å². The second-order valence-corrected chi connectivity index (χ2v) is 10.4. The van der Waals surface area contributed by atoms with Gasteiger partial charge < -0.3 is 24.7 Å². The molecule has 3 aliphatic rings. The lowest BCUT2D eigenvalue weighted by Crippen LogP contribution is -2.56. The van der Waals surface area contributed by atoms with Crippen molar-refractivity contribution in [3.05, 3.63) is 42.0 Å². The van der Waals surface area contributed by atoms with Crippen LogP contribution in [0.5, 0.6) is 0 Å². The predicted octanol–water partition coefficient (Wildman–Crippen LogP) is 2.83. The molecule has 0 aromatic heterocycles. The Morgan fingerprint density at radius 3 is 2.66 bits per heavy atom. The van der Waals surface area contributed by atoms with Crippen LogP contribution in [0.15, 0.2) is 30.9 Å². The molecule has 4 rings (SSSR count). The Morgan fingerprint density at radius 1 is 1.26 bits per heavy atom. The lowest BCUT2D eigenvalue weighted by Gasteiger charge is -2.37. The van der Waals surface area contributed by atoms with Crippen LogP contribution in [-0.2, 0) is 19.1 Å². The van der Waals surface area contributed by atoms with Crippen LogP contribution in [0.3, 0.4) is 0 Å². The van der Waals surface area contributed by atoms with Gasteiger partial charge in [-0.05, 0) is 70.1 Å². The number of aliphatic hydroxyl groups is 1. The average molecular weight is 485 g/mol. The van der Waals surface area contributed by atoms with E-state index < -0.39 is 35.0 Å². The topological polar surface area (TPSA) is 107 Å². The maximum atomic E-state index is 14.4. The summed E-state index contributed by atoms with van der Waals surface area (Å²) in [6.07, 6.45) is 4.52. The van der Waals surface area contributed by atoms with Gasteiger partial charge in [-0.15, -0.1) is 6.58 Å². The molecule has 2 bridgehead atoms. The zero-order chi connectivity index (χ0) is 25.5. The number of carboxylic acid groups (broad SMARTS) is 1. The molecule has 3 saturated heterocycles. The van der Waals surface area contributed by atoms with Gasteiger partial charge in [-0.1, -0.05) is 18.2 Å². The molecule has 0 aliphatic carbocycles. The van der Waals surface area contributed by atoms with Crippen LogP contribution in [-0.4, -0.2) is 69.8 Å². The molecule has 1 aromatic rings. The third-order valence-electron chi connectivity index (χ3n) is 8.07. The monoisotopic (exact) mass is 484 g/mol. The molecule has 2 unspecified atom stereocenters. The van der Waals surface area contributed by atoms with E-state index in [-0.39, 0.29) is 25.0 Å². The quantitative estimate of drug-likeness (QED) is 0.391. The van der Waals surface area contributed by atoms with Gasteiger partial charge in [-0.3, -0.25) is 14.4 Å². The fourth-order valence-electron chi connectivity index (χ4n) is 6.49. The van der Waals surface area contributed by atoms with Crippen molar-refractivity contribution in [1.29, 1.82) is 0 Å². The van der Waals surface area contributed by atoms with Crippen molar-refractivity contribution < 1.29 is 29.3 Å². The van der Waals surface area contributed by atoms with Gasteiger partial charge in [0.2, 0.25) is 5.91 Å². The van der Waals surface area contributed by atoms with Crippen molar-refractivity contribution in [1.82, 2.24) is 4.90 Å². The van der Waals surface area contributed by atoms with E-state index in [0.29, 0.717) is 38.6 Å². The number of fused-ring (bicyclic) bond motifs is 1. The summed E-state index contributed by atoms with van der Waals surface area (Å²) >= 11 is 0. The molecule has 2 amide bonds. The van der Waals surface area contributed by atoms with Crippen LogP contribution < -0.4 is 4.90 Å². The number of carbonyl (C=O) groups is 3. The Balaban J connectivity index is 1.78.